The number of thioether (sulfide) groups is 1. The number of ether oxygens (including phenoxy) is 1. The molecule has 0 saturated carbocycles. The summed E-state index contributed by atoms with van der Waals surface area (Å²) in [6.07, 6.45) is 0.337. The number of hydrogen-bond donors (Lipinski definition) is 1. The summed E-state index contributed by atoms with van der Waals surface area (Å²) < 4.78 is 5.22. The van der Waals surface area contributed by atoms with E-state index in [4.69, 9.17) is 16.3 Å². The van der Waals surface area contributed by atoms with Gasteiger partial charge in [0.15, 0.2) is 16.1 Å². The number of halogens is 1. The molecule has 0 fully saturated rings. The number of nitrogens with one attached hydrogen (secondary N) is 1. The van der Waals surface area contributed by atoms with Gasteiger partial charge < -0.3 is 15.0 Å². The van der Waals surface area contributed by atoms with Crippen LogP contribution in [0.2, 0.25) is 5.15 Å². The quantitative estimate of drug-likeness (QED) is 0.331. The molecule has 1 aromatic heterocycles. The molecule has 1 N–H and O–H groups in total. The second-order valence-corrected chi connectivity index (χ2v) is 7.18. The highest BCUT2D eigenvalue weighted by molar-refractivity contribution is 7.99. The van der Waals surface area contributed by atoms with Crippen LogP contribution < -0.4 is 10.2 Å². The van der Waals surface area contributed by atoms with E-state index in [-0.39, 0.29) is 5.97 Å². The van der Waals surface area contributed by atoms with Crippen LogP contribution in [-0.4, -0.2) is 34.5 Å². The number of anilines is 2. The van der Waals surface area contributed by atoms with Crippen molar-refractivity contribution in [3.8, 4) is 0 Å². The van der Waals surface area contributed by atoms with Gasteiger partial charge in [0.1, 0.15) is 5.69 Å². The zero-order valence-corrected chi connectivity index (χ0v) is 16.3. The van der Waals surface area contributed by atoms with E-state index in [1.54, 1.807) is 18.7 Å². The molecule has 1 aromatic carbocycles. The number of hydrogen-bond acceptors (Lipinski definition) is 7. The van der Waals surface area contributed by atoms with Crippen molar-refractivity contribution < 1.29 is 9.53 Å². The van der Waals surface area contributed by atoms with Gasteiger partial charge in [-0.25, -0.2) is 14.8 Å². The molecule has 1 unspecified atom stereocenters. The summed E-state index contributed by atoms with van der Waals surface area (Å²) in [7, 11) is 0. The number of fused-ring (bicyclic) bond motifs is 1. The van der Waals surface area contributed by atoms with Gasteiger partial charge in [0.05, 0.1) is 6.61 Å². The average molecular weight is 393 g/mol. The molecule has 0 saturated heterocycles. The number of aromatic nitrogens is 2. The van der Waals surface area contributed by atoms with Crippen molar-refractivity contribution in [3.05, 3.63) is 41.0 Å². The molecular weight excluding hydrogens is 372 g/mol. The van der Waals surface area contributed by atoms with Gasteiger partial charge in [0, 0.05) is 12.3 Å². The van der Waals surface area contributed by atoms with E-state index in [0.717, 1.165) is 17.7 Å². The standard InChI is InChI=1S/C18H21ClN4O2S/c1-3-10-26-18-21-14(19)13-15(22-18)23(11-12-8-6-5-7-9-12)16(20-13)17(24)25-4-2/h5-9,16,20H,3-4,10-11H2,1-2H3. The molecule has 0 amide bonds. The van der Waals surface area contributed by atoms with Gasteiger partial charge in [-0.15, -0.1) is 0 Å². The molecule has 0 radical (unpaired) electrons. The molecule has 2 aromatic rings. The molecule has 1 aliphatic heterocycles. The van der Waals surface area contributed by atoms with Crippen molar-refractivity contribution in [2.24, 2.45) is 0 Å². The normalized spacial score (nSPS) is 15.5. The highest BCUT2D eigenvalue weighted by Gasteiger charge is 2.38. The van der Waals surface area contributed by atoms with Crippen molar-refractivity contribution >= 4 is 40.8 Å². The van der Waals surface area contributed by atoms with Gasteiger partial charge in [0.25, 0.3) is 0 Å². The number of carbonyl (C=O) groups excluding carboxylic acids is 1. The van der Waals surface area contributed by atoms with Gasteiger partial charge in [-0.2, -0.15) is 0 Å². The molecular formula is C18H21ClN4O2S. The number of carbonyl (C=O) groups is 1. The lowest BCUT2D eigenvalue weighted by Crippen LogP contribution is -2.43. The molecule has 138 valence electrons. The van der Waals surface area contributed by atoms with E-state index in [0.29, 0.717) is 35.0 Å². The largest absolute Gasteiger partial charge is 0.463 e. The van der Waals surface area contributed by atoms with Gasteiger partial charge in [0.2, 0.25) is 6.17 Å². The molecule has 2 heterocycles. The Labute approximate surface area is 162 Å². The van der Waals surface area contributed by atoms with Crippen LogP contribution in [0.5, 0.6) is 0 Å². The monoisotopic (exact) mass is 392 g/mol. The van der Waals surface area contributed by atoms with E-state index in [1.807, 2.05) is 35.2 Å². The average Bonchev–Trinajstić information content (AvgIpc) is 3.00. The Morgan fingerprint density at radius 3 is 2.77 bits per heavy atom. The number of esters is 1. The van der Waals surface area contributed by atoms with Crippen LogP contribution in [-0.2, 0) is 16.1 Å². The minimum Gasteiger partial charge on any atom is -0.463 e. The van der Waals surface area contributed by atoms with Gasteiger partial charge in [-0.3, -0.25) is 0 Å². The summed E-state index contributed by atoms with van der Waals surface area (Å²) in [6, 6.07) is 9.91. The molecule has 0 aliphatic carbocycles. The fourth-order valence-corrected chi connectivity index (χ4v) is 3.65. The molecule has 3 rings (SSSR count). The second kappa shape index (κ2) is 8.60. The maximum atomic E-state index is 12.5. The highest BCUT2D eigenvalue weighted by atomic mass is 35.5. The van der Waals surface area contributed by atoms with Gasteiger partial charge in [-0.1, -0.05) is 60.6 Å². The Kier molecular flexibility index (Phi) is 6.21. The van der Waals surface area contributed by atoms with E-state index >= 15 is 0 Å². The van der Waals surface area contributed by atoms with E-state index in [2.05, 4.69) is 22.2 Å². The number of benzene rings is 1. The van der Waals surface area contributed by atoms with Gasteiger partial charge in [-0.05, 0) is 18.9 Å². The lowest BCUT2D eigenvalue weighted by molar-refractivity contribution is -0.143. The first kappa shape index (κ1) is 18.8. The molecule has 1 atom stereocenters. The van der Waals surface area contributed by atoms with E-state index < -0.39 is 6.17 Å². The first-order valence-electron chi connectivity index (χ1n) is 8.58. The fourth-order valence-electron chi connectivity index (χ4n) is 2.68. The Balaban J connectivity index is 1.96. The van der Waals surface area contributed by atoms with Crippen LogP contribution in [0.25, 0.3) is 0 Å². The van der Waals surface area contributed by atoms with Crippen molar-refractivity contribution in [1.82, 2.24) is 9.97 Å². The topological polar surface area (TPSA) is 67.4 Å². The lowest BCUT2D eigenvalue weighted by Gasteiger charge is -2.24. The van der Waals surface area contributed by atoms with Crippen molar-refractivity contribution in [3.63, 3.8) is 0 Å². The van der Waals surface area contributed by atoms with Crippen molar-refractivity contribution in [2.45, 2.75) is 38.1 Å². The fraction of sp³-hybridized carbons (Fsp3) is 0.389. The Morgan fingerprint density at radius 1 is 1.31 bits per heavy atom. The van der Waals surface area contributed by atoms with Crippen LogP contribution >= 0.6 is 23.4 Å². The molecule has 1 aliphatic rings. The third kappa shape index (κ3) is 4.04. The second-order valence-electron chi connectivity index (χ2n) is 5.76. The molecule has 0 spiro atoms. The lowest BCUT2D eigenvalue weighted by atomic mass is 10.2. The molecule has 8 heteroatoms. The molecule has 6 nitrogen and oxygen atoms in total. The number of rotatable bonds is 7. The van der Waals surface area contributed by atoms with Crippen LogP contribution in [0.3, 0.4) is 0 Å². The summed E-state index contributed by atoms with van der Waals surface area (Å²) in [5, 5.41) is 4.06. The smallest absolute Gasteiger partial charge is 0.349 e. The third-order valence-corrected chi connectivity index (χ3v) is 5.16. The van der Waals surface area contributed by atoms with Crippen LogP contribution in [0, 0.1) is 0 Å². The minimum absolute atomic E-state index is 0.309. The minimum atomic E-state index is -0.677. The van der Waals surface area contributed by atoms with Crippen LogP contribution in [0.4, 0.5) is 11.5 Å². The summed E-state index contributed by atoms with van der Waals surface area (Å²) in [4.78, 5) is 23.3. The van der Waals surface area contributed by atoms with Crippen molar-refractivity contribution in [1.29, 1.82) is 0 Å². The summed E-state index contributed by atoms with van der Waals surface area (Å²) in [5.41, 5.74) is 1.63. The maximum Gasteiger partial charge on any atom is 0.349 e. The summed E-state index contributed by atoms with van der Waals surface area (Å²) in [6.45, 7) is 4.70. The van der Waals surface area contributed by atoms with Crippen molar-refractivity contribution in [2.75, 3.05) is 22.6 Å². The van der Waals surface area contributed by atoms with E-state index in [1.165, 1.54) is 0 Å². The Morgan fingerprint density at radius 2 is 2.08 bits per heavy atom. The number of nitrogens with zero attached hydrogens (tertiary/aromatic N) is 3. The molecule has 0 bridgehead atoms. The zero-order chi connectivity index (χ0) is 18.5. The molecule has 26 heavy (non-hydrogen) atoms. The highest BCUT2D eigenvalue weighted by Crippen LogP contribution is 2.40. The maximum absolute atomic E-state index is 12.5. The first-order chi connectivity index (χ1) is 12.6. The third-order valence-electron chi connectivity index (χ3n) is 3.83. The SMILES string of the molecule is CCCSc1nc(Cl)c2c(n1)N(Cc1ccccc1)C(C(=O)OCC)N2. The van der Waals surface area contributed by atoms with E-state index in [9.17, 15) is 4.79 Å². The Bertz CT molecular complexity index is 775. The van der Waals surface area contributed by atoms with Crippen LogP contribution in [0.1, 0.15) is 25.8 Å². The van der Waals surface area contributed by atoms with Crippen LogP contribution in [0.15, 0.2) is 35.5 Å². The predicted molar refractivity (Wildman–Crippen MR) is 105 cm³/mol. The predicted octanol–water partition coefficient (Wildman–Crippen LogP) is 3.95. The summed E-state index contributed by atoms with van der Waals surface area (Å²) >= 11 is 7.91. The first-order valence-corrected chi connectivity index (χ1v) is 9.94. The Hall–Kier alpha value is -1.99. The summed E-state index contributed by atoms with van der Waals surface area (Å²) in [5.74, 6) is 1.17. The van der Waals surface area contributed by atoms with Gasteiger partial charge >= 0.3 is 5.97 Å². The zero-order valence-electron chi connectivity index (χ0n) is 14.7.